The van der Waals surface area contributed by atoms with Crippen molar-refractivity contribution in [2.75, 3.05) is 32.1 Å². The first-order chi connectivity index (χ1) is 8.34. The van der Waals surface area contributed by atoms with E-state index in [2.05, 4.69) is 10.3 Å². The Bertz CT molecular complexity index is 379. The van der Waals surface area contributed by atoms with Crippen molar-refractivity contribution in [3.8, 4) is 0 Å². The first-order valence-electron chi connectivity index (χ1n) is 5.74. The van der Waals surface area contributed by atoms with E-state index in [1.54, 1.807) is 18.0 Å². The van der Waals surface area contributed by atoms with Crippen LogP contribution >= 0.6 is 0 Å². The molecular formula is C12H18F3N3. The summed E-state index contributed by atoms with van der Waals surface area (Å²) in [6.45, 7) is 3.49. The van der Waals surface area contributed by atoms with Gasteiger partial charge in [-0.15, -0.1) is 0 Å². The van der Waals surface area contributed by atoms with Gasteiger partial charge in [0.05, 0.1) is 0 Å². The second-order valence-electron chi connectivity index (χ2n) is 4.42. The van der Waals surface area contributed by atoms with Crippen LogP contribution in [0.2, 0.25) is 0 Å². The summed E-state index contributed by atoms with van der Waals surface area (Å²) < 4.78 is 37.6. The summed E-state index contributed by atoms with van der Waals surface area (Å²) in [4.78, 5) is 5.37. The number of hydrogen-bond acceptors (Lipinski definition) is 3. The van der Waals surface area contributed by atoms with Gasteiger partial charge in [-0.2, -0.15) is 13.2 Å². The van der Waals surface area contributed by atoms with Gasteiger partial charge < -0.3 is 10.2 Å². The van der Waals surface area contributed by atoms with E-state index in [-0.39, 0.29) is 0 Å². The van der Waals surface area contributed by atoms with Gasteiger partial charge in [-0.3, -0.25) is 0 Å². The molecule has 18 heavy (non-hydrogen) atoms. The fraction of sp³-hybridized carbons (Fsp3) is 0.583. The fourth-order valence-electron chi connectivity index (χ4n) is 1.77. The molecule has 0 radical (unpaired) electrons. The standard InChI is InChI=1S/C12H18F3N3/c1-9(7-16-2)8-18(3)11-6-4-5-10(17-11)12(13,14)15/h4-6,9,16H,7-8H2,1-3H3. The fourth-order valence-corrected chi connectivity index (χ4v) is 1.77. The zero-order chi connectivity index (χ0) is 13.8. The van der Waals surface area contributed by atoms with Crippen molar-refractivity contribution in [3.05, 3.63) is 23.9 Å². The molecule has 1 unspecified atom stereocenters. The maximum absolute atomic E-state index is 12.5. The SMILES string of the molecule is CNCC(C)CN(C)c1cccc(C(F)(F)F)n1. The molecule has 0 aliphatic heterocycles. The first-order valence-corrected chi connectivity index (χ1v) is 5.74. The number of nitrogens with one attached hydrogen (secondary N) is 1. The van der Waals surface area contributed by atoms with Crippen LogP contribution in [0.4, 0.5) is 19.0 Å². The Morgan fingerprint density at radius 2 is 2.06 bits per heavy atom. The van der Waals surface area contributed by atoms with Crippen LogP contribution in [0.1, 0.15) is 12.6 Å². The largest absolute Gasteiger partial charge is 0.433 e. The Morgan fingerprint density at radius 1 is 1.39 bits per heavy atom. The minimum absolute atomic E-state index is 0.330. The normalized spacial score (nSPS) is 13.4. The molecule has 0 aromatic carbocycles. The molecule has 0 saturated carbocycles. The minimum atomic E-state index is -4.40. The van der Waals surface area contributed by atoms with Gasteiger partial charge >= 0.3 is 6.18 Å². The lowest BCUT2D eigenvalue weighted by Gasteiger charge is -2.23. The van der Waals surface area contributed by atoms with E-state index in [1.165, 1.54) is 6.07 Å². The van der Waals surface area contributed by atoms with E-state index in [9.17, 15) is 13.2 Å². The van der Waals surface area contributed by atoms with Crippen molar-refractivity contribution >= 4 is 5.82 Å². The van der Waals surface area contributed by atoms with Crippen molar-refractivity contribution in [1.82, 2.24) is 10.3 Å². The third-order valence-electron chi connectivity index (χ3n) is 2.55. The summed E-state index contributed by atoms with van der Waals surface area (Å²) >= 11 is 0. The van der Waals surface area contributed by atoms with Gasteiger partial charge in [-0.25, -0.2) is 4.98 Å². The van der Waals surface area contributed by atoms with E-state index in [1.807, 2.05) is 14.0 Å². The Labute approximate surface area is 105 Å². The number of anilines is 1. The molecule has 0 spiro atoms. The highest BCUT2D eigenvalue weighted by molar-refractivity contribution is 5.38. The quantitative estimate of drug-likeness (QED) is 0.882. The lowest BCUT2D eigenvalue weighted by atomic mass is 10.1. The molecule has 1 atom stereocenters. The first kappa shape index (κ1) is 14.8. The number of nitrogens with zero attached hydrogens (tertiary/aromatic N) is 2. The highest BCUT2D eigenvalue weighted by atomic mass is 19.4. The summed E-state index contributed by atoms with van der Waals surface area (Å²) in [5.74, 6) is 0.670. The van der Waals surface area contributed by atoms with E-state index < -0.39 is 11.9 Å². The maximum atomic E-state index is 12.5. The molecule has 0 fully saturated rings. The van der Waals surface area contributed by atoms with Gasteiger partial charge in [-0.05, 0) is 31.6 Å². The summed E-state index contributed by atoms with van der Waals surface area (Å²) in [7, 11) is 3.59. The molecule has 0 amide bonds. The van der Waals surface area contributed by atoms with Gasteiger partial charge in [0.25, 0.3) is 0 Å². The second-order valence-corrected chi connectivity index (χ2v) is 4.42. The van der Waals surface area contributed by atoms with Crippen LogP contribution in [0, 0.1) is 5.92 Å². The predicted octanol–water partition coefficient (Wildman–Crippen LogP) is 2.39. The van der Waals surface area contributed by atoms with Crippen molar-refractivity contribution in [3.63, 3.8) is 0 Å². The summed E-state index contributed by atoms with van der Waals surface area (Å²) in [6.07, 6.45) is -4.40. The van der Waals surface area contributed by atoms with E-state index >= 15 is 0 Å². The van der Waals surface area contributed by atoms with Crippen LogP contribution in [-0.4, -0.2) is 32.2 Å². The third kappa shape index (κ3) is 4.18. The van der Waals surface area contributed by atoms with E-state index in [0.717, 1.165) is 12.6 Å². The van der Waals surface area contributed by atoms with Gasteiger partial charge in [-0.1, -0.05) is 13.0 Å². The van der Waals surface area contributed by atoms with Crippen LogP contribution in [0.5, 0.6) is 0 Å². The van der Waals surface area contributed by atoms with Crippen LogP contribution < -0.4 is 10.2 Å². The lowest BCUT2D eigenvalue weighted by molar-refractivity contribution is -0.141. The molecule has 1 aromatic heterocycles. The molecular weight excluding hydrogens is 243 g/mol. The summed E-state index contributed by atoms with van der Waals surface area (Å²) in [6, 6.07) is 3.94. The molecule has 0 aliphatic rings. The molecule has 102 valence electrons. The average molecular weight is 261 g/mol. The highest BCUT2D eigenvalue weighted by Gasteiger charge is 2.32. The molecule has 0 bridgehead atoms. The smallest absolute Gasteiger partial charge is 0.359 e. The number of pyridine rings is 1. The Kier molecular flexibility index (Phi) is 4.95. The topological polar surface area (TPSA) is 28.2 Å². The number of hydrogen-bond donors (Lipinski definition) is 1. The van der Waals surface area contributed by atoms with Gasteiger partial charge in [0.15, 0.2) is 0 Å². The summed E-state index contributed by atoms with van der Waals surface area (Å²) in [5.41, 5.74) is -0.854. The number of halogens is 3. The van der Waals surface area contributed by atoms with Crippen molar-refractivity contribution in [2.45, 2.75) is 13.1 Å². The molecule has 0 saturated heterocycles. The molecule has 3 nitrogen and oxygen atoms in total. The Morgan fingerprint density at radius 3 is 2.61 bits per heavy atom. The number of alkyl halides is 3. The highest BCUT2D eigenvalue weighted by Crippen LogP contribution is 2.28. The van der Waals surface area contributed by atoms with Crippen LogP contribution in [0.3, 0.4) is 0 Å². The maximum Gasteiger partial charge on any atom is 0.433 e. The molecule has 1 N–H and O–H groups in total. The Balaban J connectivity index is 2.77. The zero-order valence-corrected chi connectivity index (χ0v) is 10.8. The molecule has 0 aliphatic carbocycles. The van der Waals surface area contributed by atoms with Crippen molar-refractivity contribution in [2.24, 2.45) is 5.92 Å². The third-order valence-corrected chi connectivity index (χ3v) is 2.55. The minimum Gasteiger partial charge on any atom is -0.359 e. The zero-order valence-electron chi connectivity index (χ0n) is 10.8. The Hall–Kier alpha value is -1.30. The predicted molar refractivity (Wildman–Crippen MR) is 65.6 cm³/mol. The number of rotatable bonds is 5. The number of aromatic nitrogens is 1. The van der Waals surface area contributed by atoms with Crippen LogP contribution in [-0.2, 0) is 6.18 Å². The lowest BCUT2D eigenvalue weighted by Crippen LogP contribution is -2.30. The van der Waals surface area contributed by atoms with Crippen LogP contribution in [0.15, 0.2) is 18.2 Å². The van der Waals surface area contributed by atoms with E-state index in [4.69, 9.17) is 0 Å². The van der Waals surface area contributed by atoms with E-state index in [0.29, 0.717) is 18.3 Å². The average Bonchev–Trinajstić information content (AvgIpc) is 2.28. The molecule has 1 heterocycles. The van der Waals surface area contributed by atoms with Crippen LogP contribution in [0.25, 0.3) is 0 Å². The molecule has 6 heteroatoms. The van der Waals surface area contributed by atoms with Gasteiger partial charge in [0, 0.05) is 13.6 Å². The van der Waals surface area contributed by atoms with Crippen molar-refractivity contribution in [1.29, 1.82) is 0 Å². The molecule has 1 rings (SSSR count). The van der Waals surface area contributed by atoms with Gasteiger partial charge in [0.1, 0.15) is 11.5 Å². The summed E-state index contributed by atoms with van der Waals surface area (Å²) in [5, 5.41) is 3.03. The van der Waals surface area contributed by atoms with Gasteiger partial charge in [0.2, 0.25) is 0 Å². The monoisotopic (exact) mass is 261 g/mol. The van der Waals surface area contributed by atoms with Crippen molar-refractivity contribution < 1.29 is 13.2 Å². The second kappa shape index (κ2) is 6.04. The molecule has 1 aromatic rings.